The highest BCUT2D eigenvalue weighted by Crippen LogP contribution is 2.47. The molecule has 2 N–H and O–H groups in total. The van der Waals surface area contributed by atoms with Gasteiger partial charge in [-0.25, -0.2) is 0 Å². The quantitative estimate of drug-likeness (QED) is 0.481. The summed E-state index contributed by atoms with van der Waals surface area (Å²) in [6.45, 7) is 0.161. The van der Waals surface area contributed by atoms with Gasteiger partial charge in [0.05, 0.1) is 29.5 Å². The second-order valence-electron chi connectivity index (χ2n) is 8.67. The normalized spacial score (nSPS) is 20.6. The standard InChI is InChI=1S/C27H23ClN2O4/c1-32-17-8-6-15(7-9-17)16-10-22-26(23(31)11-16)27(30-21-5-3-2-4-20(21)29-22)18-12-24-25(13-19(18)28)34-14-33-24/h2-9,12-13,16,27,29-30H,10-11,14H2,1H3/t16-,27-/m0/s1. The maximum atomic E-state index is 13.7. The molecule has 0 saturated carbocycles. The topological polar surface area (TPSA) is 68.8 Å². The van der Waals surface area contributed by atoms with Crippen LogP contribution >= 0.6 is 11.6 Å². The number of methoxy groups -OCH3 is 1. The van der Waals surface area contributed by atoms with Gasteiger partial charge in [0.2, 0.25) is 6.79 Å². The maximum absolute atomic E-state index is 13.7. The van der Waals surface area contributed by atoms with Crippen LogP contribution < -0.4 is 24.8 Å². The van der Waals surface area contributed by atoms with Crippen LogP contribution in [0.1, 0.15) is 35.9 Å². The fraction of sp³-hybridized carbons (Fsp3) is 0.222. The molecule has 3 aliphatic rings. The van der Waals surface area contributed by atoms with Gasteiger partial charge in [0, 0.05) is 29.3 Å². The number of para-hydroxylation sites is 2. The van der Waals surface area contributed by atoms with E-state index in [1.165, 1.54) is 0 Å². The second kappa shape index (κ2) is 8.29. The van der Waals surface area contributed by atoms with Crippen LogP contribution in [0, 0.1) is 0 Å². The lowest BCUT2D eigenvalue weighted by molar-refractivity contribution is -0.116. The maximum Gasteiger partial charge on any atom is 0.231 e. The van der Waals surface area contributed by atoms with Crippen molar-refractivity contribution >= 4 is 28.8 Å². The van der Waals surface area contributed by atoms with E-state index in [4.69, 9.17) is 25.8 Å². The molecule has 3 aromatic carbocycles. The van der Waals surface area contributed by atoms with Crippen molar-refractivity contribution in [1.82, 2.24) is 0 Å². The first-order valence-electron chi connectivity index (χ1n) is 11.2. The van der Waals surface area contributed by atoms with Crippen LogP contribution in [0.4, 0.5) is 11.4 Å². The van der Waals surface area contributed by atoms with Crippen molar-refractivity contribution in [2.24, 2.45) is 0 Å². The van der Waals surface area contributed by atoms with Crippen molar-refractivity contribution in [3.05, 3.63) is 88.1 Å². The number of ketones is 1. The minimum atomic E-state index is -0.419. The van der Waals surface area contributed by atoms with Crippen LogP contribution in [0.3, 0.4) is 0 Å². The Morgan fingerprint density at radius 3 is 2.47 bits per heavy atom. The molecule has 2 atom stereocenters. The van der Waals surface area contributed by atoms with Crippen LogP contribution in [0.15, 0.2) is 71.9 Å². The largest absolute Gasteiger partial charge is 0.497 e. The third-order valence-electron chi connectivity index (χ3n) is 6.70. The zero-order valence-corrected chi connectivity index (χ0v) is 19.3. The lowest BCUT2D eigenvalue weighted by atomic mass is 9.78. The smallest absolute Gasteiger partial charge is 0.231 e. The molecule has 0 fully saturated rings. The number of carbonyl (C=O) groups is 1. The van der Waals surface area contributed by atoms with Gasteiger partial charge in [0.15, 0.2) is 17.3 Å². The summed E-state index contributed by atoms with van der Waals surface area (Å²) in [5, 5.41) is 7.65. The third-order valence-corrected chi connectivity index (χ3v) is 7.03. The number of benzene rings is 3. The molecule has 0 unspecified atom stereocenters. The van der Waals surface area contributed by atoms with Crippen LogP contribution in [0.2, 0.25) is 5.02 Å². The Morgan fingerprint density at radius 1 is 0.971 bits per heavy atom. The van der Waals surface area contributed by atoms with Crippen LogP contribution in [0.5, 0.6) is 17.2 Å². The van der Waals surface area contributed by atoms with E-state index in [9.17, 15) is 4.79 Å². The van der Waals surface area contributed by atoms with Gasteiger partial charge in [-0.2, -0.15) is 0 Å². The predicted octanol–water partition coefficient (Wildman–Crippen LogP) is 6.06. The van der Waals surface area contributed by atoms with Crippen LogP contribution in [-0.4, -0.2) is 19.7 Å². The van der Waals surface area contributed by atoms with Gasteiger partial charge in [0.1, 0.15) is 5.75 Å². The zero-order chi connectivity index (χ0) is 23.2. The third kappa shape index (κ3) is 3.55. The fourth-order valence-electron chi connectivity index (χ4n) is 4.99. The summed E-state index contributed by atoms with van der Waals surface area (Å²) in [5.41, 5.74) is 5.36. The number of hydrogen-bond acceptors (Lipinski definition) is 6. The first-order valence-corrected chi connectivity index (χ1v) is 11.6. The molecule has 34 heavy (non-hydrogen) atoms. The van der Waals surface area contributed by atoms with Gasteiger partial charge >= 0.3 is 0 Å². The van der Waals surface area contributed by atoms with Crippen LogP contribution in [-0.2, 0) is 4.79 Å². The van der Waals surface area contributed by atoms with Gasteiger partial charge in [-0.1, -0.05) is 35.9 Å². The number of halogens is 1. The lowest BCUT2D eigenvalue weighted by Crippen LogP contribution is -2.27. The molecule has 6 nitrogen and oxygen atoms in total. The zero-order valence-electron chi connectivity index (χ0n) is 18.6. The number of rotatable bonds is 3. The Kier molecular flexibility index (Phi) is 5.11. The minimum Gasteiger partial charge on any atom is -0.497 e. The number of Topliss-reactive ketones (excluding diaryl/α,β-unsaturated/α-hetero) is 1. The Morgan fingerprint density at radius 2 is 1.71 bits per heavy atom. The SMILES string of the molecule is COc1ccc([C@@H]2CC(=O)C3=C(C2)Nc2ccccc2N[C@H]3c2cc3c(cc2Cl)OCO3)cc1. The number of hydrogen-bond donors (Lipinski definition) is 2. The summed E-state index contributed by atoms with van der Waals surface area (Å²) in [7, 11) is 1.65. The van der Waals surface area contributed by atoms with Gasteiger partial charge in [-0.15, -0.1) is 0 Å². The summed E-state index contributed by atoms with van der Waals surface area (Å²) in [6, 6.07) is 19.1. The molecule has 3 aromatic rings. The molecule has 172 valence electrons. The summed E-state index contributed by atoms with van der Waals surface area (Å²) < 4.78 is 16.4. The Labute approximate surface area is 202 Å². The van der Waals surface area contributed by atoms with E-state index in [-0.39, 0.29) is 18.5 Å². The summed E-state index contributed by atoms with van der Waals surface area (Å²) >= 11 is 6.71. The first kappa shape index (κ1) is 20.9. The number of ether oxygens (including phenoxy) is 3. The molecule has 6 rings (SSSR count). The molecule has 0 radical (unpaired) electrons. The summed E-state index contributed by atoms with van der Waals surface area (Å²) in [6.07, 6.45) is 1.13. The van der Waals surface area contributed by atoms with E-state index in [0.717, 1.165) is 33.9 Å². The molecule has 1 aliphatic carbocycles. The highest BCUT2D eigenvalue weighted by Gasteiger charge is 2.37. The highest BCUT2D eigenvalue weighted by molar-refractivity contribution is 6.31. The first-order chi connectivity index (χ1) is 16.6. The molecule has 2 aliphatic heterocycles. The van der Waals surface area contributed by atoms with Crippen LogP contribution in [0.25, 0.3) is 0 Å². The highest BCUT2D eigenvalue weighted by atomic mass is 35.5. The average Bonchev–Trinajstić information content (AvgIpc) is 3.23. The van der Waals surface area contributed by atoms with Gasteiger partial charge < -0.3 is 24.8 Å². The molecular formula is C27H23ClN2O4. The Bertz CT molecular complexity index is 1320. The summed E-state index contributed by atoms with van der Waals surface area (Å²) in [4.78, 5) is 13.7. The van der Waals surface area contributed by atoms with Crippen molar-refractivity contribution < 1.29 is 19.0 Å². The number of fused-ring (bicyclic) bond motifs is 2. The number of carbonyl (C=O) groups excluding carboxylic acids is 1. The molecule has 0 saturated heterocycles. The van der Waals surface area contributed by atoms with Crippen molar-refractivity contribution in [1.29, 1.82) is 0 Å². The number of anilines is 2. The van der Waals surface area contributed by atoms with Gasteiger partial charge in [-0.3, -0.25) is 4.79 Å². The van der Waals surface area contributed by atoms with E-state index in [0.29, 0.717) is 34.9 Å². The lowest BCUT2D eigenvalue weighted by Gasteiger charge is -2.30. The van der Waals surface area contributed by atoms with E-state index < -0.39 is 6.04 Å². The van der Waals surface area contributed by atoms with Gasteiger partial charge in [-0.05, 0) is 48.2 Å². The minimum absolute atomic E-state index is 0.0720. The summed E-state index contributed by atoms with van der Waals surface area (Å²) in [5.74, 6) is 2.21. The molecule has 0 amide bonds. The average molecular weight is 475 g/mol. The van der Waals surface area contributed by atoms with E-state index in [1.54, 1.807) is 13.2 Å². The second-order valence-corrected chi connectivity index (χ2v) is 9.08. The fourth-order valence-corrected chi connectivity index (χ4v) is 5.25. The monoisotopic (exact) mass is 474 g/mol. The molecule has 0 bridgehead atoms. The molecule has 0 spiro atoms. The van der Waals surface area contributed by atoms with Crippen molar-refractivity contribution in [3.63, 3.8) is 0 Å². The predicted molar refractivity (Wildman–Crippen MR) is 131 cm³/mol. The number of allylic oxidation sites excluding steroid dienone is 1. The Balaban J connectivity index is 1.45. The van der Waals surface area contributed by atoms with Gasteiger partial charge in [0.25, 0.3) is 0 Å². The van der Waals surface area contributed by atoms with E-state index in [1.807, 2.05) is 54.6 Å². The van der Waals surface area contributed by atoms with E-state index in [2.05, 4.69) is 10.6 Å². The van der Waals surface area contributed by atoms with E-state index >= 15 is 0 Å². The van der Waals surface area contributed by atoms with Crippen molar-refractivity contribution in [3.8, 4) is 17.2 Å². The molecule has 0 aromatic heterocycles. The van der Waals surface area contributed by atoms with Crippen molar-refractivity contribution in [2.75, 3.05) is 24.5 Å². The van der Waals surface area contributed by atoms with Crippen molar-refractivity contribution in [2.45, 2.75) is 24.8 Å². The Hall–Kier alpha value is -3.64. The number of nitrogens with one attached hydrogen (secondary N) is 2. The molecule has 7 heteroatoms. The molecular weight excluding hydrogens is 452 g/mol. The molecule has 2 heterocycles.